The molecule has 1 amide bonds. The van der Waals surface area contributed by atoms with Crippen LogP contribution in [0.5, 0.6) is 0 Å². The number of ether oxygens (including phenoxy) is 1. The maximum atomic E-state index is 12.4. The molecule has 0 saturated carbocycles. The van der Waals surface area contributed by atoms with Crippen molar-refractivity contribution in [3.63, 3.8) is 0 Å². The van der Waals surface area contributed by atoms with Gasteiger partial charge in [0.05, 0.1) is 12.6 Å². The van der Waals surface area contributed by atoms with Gasteiger partial charge in [0, 0.05) is 23.8 Å². The van der Waals surface area contributed by atoms with Crippen molar-refractivity contribution >= 4 is 29.3 Å². The Morgan fingerprint density at radius 2 is 2.00 bits per heavy atom. The second kappa shape index (κ2) is 9.00. The lowest BCUT2D eigenvalue weighted by molar-refractivity contribution is 0.0976. The number of nitrogens with one attached hydrogen (secondary N) is 3. The third-order valence-electron chi connectivity index (χ3n) is 3.12. The van der Waals surface area contributed by atoms with Gasteiger partial charge in [0.15, 0.2) is 0 Å². The van der Waals surface area contributed by atoms with Gasteiger partial charge in [-0.2, -0.15) is 0 Å². The fraction of sp³-hybridized carbons (Fsp3) is 0.235. The number of benzene rings is 1. The number of carbonyl (C=O) groups is 1. The molecule has 132 valence electrons. The summed E-state index contributed by atoms with van der Waals surface area (Å²) >= 11 is 5.83. The highest BCUT2D eigenvalue weighted by molar-refractivity contribution is 6.30. The van der Waals surface area contributed by atoms with Crippen LogP contribution in [0.2, 0.25) is 5.02 Å². The Morgan fingerprint density at radius 3 is 2.64 bits per heavy atom. The maximum absolute atomic E-state index is 12.4. The van der Waals surface area contributed by atoms with Crippen LogP contribution in [0.15, 0.2) is 52.3 Å². The summed E-state index contributed by atoms with van der Waals surface area (Å²) in [7, 11) is 1.57. The standard InChI is InChI=1S/C17H19ClN4O3/c1-11(10-25-2)19-17(21-14-4-3-5-15(23)20-14)22-16(24)12-6-8-13(18)9-7-12/h3-9,11H,10H2,1-2H3,(H3,19,20,21,22,23,24). The Labute approximate surface area is 150 Å². The van der Waals surface area contributed by atoms with Gasteiger partial charge in [0.1, 0.15) is 5.82 Å². The van der Waals surface area contributed by atoms with Crippen molar-refractivity contribution < 1.29 is 9.53 Å². The van der Waals surface area contributed by atoms with E-state index in [0.717, 1.165) is 0 Å². The van der Waals surface area contributed by atoms with E-state index in [4.69, 9.17) is 16.3 Å². The van der Waals surface area contributed by atoms with Crippen LogP contribution >= 0.6 is 11.6 Å². The van der Waals surface area contributed by atoms with Crippen LogP contribution in [-0.4, -0.2) is 36.6 Å². The molecule has 0 fully saturated rings. The highest BCUT2D eigenvalue weighted by Gasteiger charge is 2.11. The van der Waals surface area contributed by atoms with Crippen molar-refractivity contribution in [2.24, 2.45) is 4.99 Å². The molecule has 0 aliphatic rings. The molecule has 2 rings (SSSR count). The first-order valence-corrected chi connectivity index (χ1v) is 7.95. The number of nitrogens with zero attached hydrogens (tertiary/aromatic N) is 1. The van der Waals surface area contributed by atoms with E-state index in [2.05, 4.69) is 20.6 Å². The van der Waals surface area contributed by atoms with Crippen LogP contribution in [0.25, 0.3) is 0 Å². The number of pyridine rings is 1. The van der Waals surface area contributed by atoms with Crippen molar-refractivity contribution in [2.75, 3.05) is 19.0 Å². The molecule has 0 saturated heterocycles. The second-order valence-electron chi connectivity index (χ2n) is 5.30. The van der Waals surface area contributed by atoms with E-state index < -0.39 is 0 Å². The fourth-order valence-electron chi connectivity index (χ4n) is 2.02. The molecule has 25 heavy (non-hydrogen) atoms. The summed E-state index contributed by atoms with van der Waals surface area (Å²) in [6, 6.07) is 10.9. The first-order chi connectivity index (χ1) is 12.0. The van der Waals surface area contributed by atoms with Crippen molar-refractivity contribution in [2.45, 2.75) is 13.0 Å². The van der Waals surface area contributed by atoms with Gasteiger partial charge < -0.3 is 15.0 Å². The van der Waals surface area contributed by atoms with E-state index in [0.29, 0.717) is 23.0 Å². The quantitative estimate of drug-likeness (QED) is 0.561. The predicted octanol–water partition coefficient (Wildman–Crippen LogP) is 2.26. The molecule has 1 atom stereocenters. The van der Waals surface area contributed by atoms with E-state index in [1.54, 1.807) is 43.5 Å². The number of H-pyrrole nitrogens is 1. The maximum Gasteiger partial charge on any atom is 0.257 e. The van der Waals surface area contributed by atoms with E-state index in [1.807, 2.05) is 6.92 Å². The Kier molecular flexibility index (Phi) is 6.73. The molecule has 0 bridgehead atoms. The lowest BCUT2D eigenvalue weighted by atomic mass is 10.2. The number of halogens is 1. The lowest BCUT2D eigenvalue weighted by Crippen LogP contribution is -2.37. The van der Waals surface area contributed by atoms with Gasteiger partial charge in [-0.1, -0.05) is 17.7 Å². The molecular formula is C17H19ClN4O3. The van der Waals surface area contributed by atoms with Gasteiger partial charge in [-0.05, 0) is 37.3 Å². The number of hydrogen-bond acceptors (Lipinski definition) is 4. The van der Waals surface area contributed by atoms with Crippen molar-refractivity contribution in [3.05, 3.63) is 63.4 Å². The number of methoxy groups -OCH3 is 1. The van der Waals surface area contributed by atoms with Gasteiger partial charge in [-0.15, -0.1) is 0 Å². The smallest absolute Gasteiger partial charge is 0.257 e. The molecule has 1 unspecified atom stereocenters. The molecule has 0 spiro atoms. The molecule has 2 aromatic rings. The van der Waals surface area contributed by atoms with Crippen LogP contribution < -0.4 is 16.2 Å². The molecule has 0 aliphatic heterocycles. The van der Waals surface area contributed by atoms with Gasteiger partial charge in [0.25, 0.3) is 5.91 Å². The second-order valence-corrected chi connectivity index (χ2v) is 5.73. The zero-order valence-corrected chi connectivity index (χ0v) is 14.6. The molecule has 3 N–H and O–H groups in total. The molecule has 8 heteroatoms. The third-order valence-corrected chi connectivity index (χ3v) is 3.37. The largest absolute Gasteiger partial charge is 0.382 e. The zero-order chi connectivity index (χ0) is 18.2. The lowest BCUT2D eigenvalue weighted by Gasteiger charge is -2.14. The first-order valence-electron chi connectivity index (χ1n) is 7.58. The minimum Gasteiger partial charge on any atom is -0.382 e. The Balaban J connectivity index is 2.20. The van der Waals surface area contributed by atoms with E-state index >= 15 is 0 Å². The van der Waals surface area contributed by atoms with E-state index in [1.165, 1.54) is 6.07 Å². The average Bonchev–Trinajstić information content (AvgIpc) is 2.55. The number of anilines is 1. The first kappa shape index (κ1) is 18.7. The van der Waals surface area contributed by atoms with Crippen LogP contribution in [0.3, 0.4) is 0 Å². The van der Waals surface area contributed by atoms with Gasteiger partial charge in [0.2, 0.25) is 11.5 Å². The topological polar surface area (TPSA) is 95.6 Å². The monoisotopic (exact) mass is 362 g/mol. The predicted molar refractivity (Wildman–Crippen MR) is 98.4 cm³/mol. The van der Waals surface area contributed by atoms with Crippen LogP contribution in [0.1, 0.15) is 17.3 Å². The van der Waals surface area contributed by atoms with Crippen molar-refractivity contribution in [1.29, 1.82) is 0 Å². The number of aromatic amines is 1. The summed E-state index contributed by atoms with van der Waals surface area (Å²) in [6.45, 7) is 2.22. The third kappa shape index (κ3) is 6.06. The molecular weight excluding hydrogens is 344 g/mol. The summed E-state index contributed by atoms with van der Waals surface area (Å²) in [5.74, 6) is 0.254. The SMILES string of the molecule is COCC(C)N=C(NC(=O)c1ccc(Cl)cc1)Nc1cccc(=O)[nH]1. The van der Waals surface area contributed by atoms with Crippen LogP contribution in [-0.2, 0) is 4.74 Å². The van der Waals surface area contributed by atoms with Gasteiger partial charge in [-0.3, -0.25) is 14.9 Å². The van der Waals surface area contributed by atoms with Crippen molar-refractivity contribution in [1.82, 2.24) is 10.3 Å². The average molecular weight is 363 g/mol. The van der Waals surface area contributed by atoms with Crippen molar-refractivity contribution in [3.8, 4) is 0 Å². The number of aromatic nitrogens is 1. The number of amides is 1. The molecule has 1 aromatic heterocycles. The normalized spacial score (nSPS) is 12.5. The summed E-state index contributed by atoms with van der Waals surface area (Å²) in [6.07, 6.45) is 0. The minimum atomic E-state index is -0.356. The van der Waals surface area contributed by atoms with E-state index in [9.17, 15) is 9.59 Å². The van der Waals surface area contributed by atoms with Gasteiger partial charge >= 0.3 is 0 Å². The number of guanidine groups is 1. The van der Waals surface area contributed by atoms with Crippen LogP contribution in [0.4, 0.5) is 5.82 Å². The minimum absolute atomic E-state index is 0.200. The summed E-state index contributed by atoms with van der Waals surface area (Å²) in [4.78, 5) is 30.8. The highest BCUT2D eigenvalue weighted by Crippen LogP contribution is 2.09. The molecule has 1 heterocycles. The van der Waals surface area contributed by atoms with Crippen LogP contribution in [0, 0.1) is 0 Å². The van der Waals surface area contributed by atoms with Gasteiger partial charge in [-0.25, -0.2) is 4.99 Å². The Morgan fingerprint density at radius 1 is 1.28 bits per heavy atom. The Hall–Kier alpha value is -2.64. The number of hydrogen-bond donors (Lipinski definition) is 3. The number of rotatable bonds is 5. The Bertz CT molecular complexity index is 802. The fourth-order valence-corrected chi connectivity index (χ4v) is 2.15. The molecule has 7 nitrogen and oxygen atoms in total. The molecule has 1 aromatic carbocycles. The summed E-state index contributed by atoms with van der Waals surface area (Å²) in [5, 5.41) is 6.13. The summed E-state index contributed by atoms with van der Waals surface area (Å²) < 4.78 is 5.06. The highest BCUT2D eigenvalue weighted by atomic mass is 35.5. The number of aliphatic imine (C=N–C) groups is 1. The zero-order valence-electron chi connectivity index (χ0n) is 13.9. The molecule has 0 aliphatic carbocycles. The van der Waals surface area contributed by atoms with E-state index in [-0.39, 0.29) is 23.5 Å². The molecule has 0 radical (unpaired) electrons. The summed E-state index contributed by atoms with van der Waals surface area (Å²) in [5.41, 5.74) is 0.165. The number of carbonyl (C=O) groups excluding carboxylic acids is 1.